The van der Waals surface area contributed by atoms with E-state index in [1.165, 1.54) is 13.2 Å². The van der Waals surface area contributed by atoms with Crippen molar-refractivity contribution in [3.05, 3.63) is 29.6 Å². The van der Waals surface area contributed by atoms with Gasteiger partial charge in [0.05, 0.1) is 20.3 Å². The van der Waals surface area contributed by atoms with Crippen LogP contribution in [0, 0.1) is 5.82 Å². The Balaban J connectivity index is 2.59. The van der Waals surface area contributed by atoms with Crippen molar-refractivity contribution in [1.29, 1.82) is 0 Å². The zero-order valence-electron chi connectivity index (χ0n) is 13.1. The van der Waals surface area contributed by atoms with Gasteiger partial charge in [-0.05, 0) is 32.0 Å². The summed E-state index contributed by atoms with van der Waals surface area (Å²) in [7, 11) is 1.40. The van der Waals surface area contributed by atoms with Crippen LogP contribution in [0.2, 0.25) is 0 Å². The molecule has 0 aromatic heterocycles. The number of carbonyl (C=O) groups excluding carboxylic acids is 2. The van der Waals surface area contributed by atoms with Crippen LogP contribution in [0.1, 0.15) is 19.4 Å². The molecule has 1 aromatic carbocycles. The molecular weight excluding hydrogens is 291 g/mol. The summed E-state index contributed by atoms with van der Waals surface area (Å²) >= 11 is 0. The van der Waals surface area contributed by atoms with E-state index in [9.17, 15) is 14.0 Å². The Morgan fingerprint density at radius 1 is 1.32 bits per heavy atom. The zero-order valence-corrected chi connectivity index (χ0v) is 13.1. The number of alkyl carbamates (subject to hydrolysis) is 1. The summed E-state index contributed by atoms with van der Waals surface area (Å²) in [5.41, 5.74) is 0.749. The highest BCUT2D eigenvalue weighted by atomic mass is 19.1. The first kappa shape index (κ1) is 17.9. The number of hydrogen-bond donors (Lipinski definition) is 2. The maximum atomic E-state index is 13.6. The summed E-state index contributed by atoms with van der Waals surface area (Å²) in [5.74, 6) is -0.683. The minimum Gasteiger partial charge on any atom is -0.494 e. The van der Waals surface area contributed by atoms with Gasteiger partial charge in [-0.1, -0.05) is 0 Å². The highest BCUT2D eigenvalue weighted by Crippen LogP contribution is 2.16. The molecule has 1 atom stereocenters. The molecule has 6 nitrogen and oxygen atoms in total. The second kappa shape index (κ2) is 8.99. The first-order valence-corrected chi connectivity index (χ1v) is 7.12. The van der Waals surface area contributed by atoms with Crippen LogP contribution in [0.4, 0.5) is 9.18 Å². The molecule has 0 radical (unpaired) electrons. The van der Waals surface area contributed by atoms with E-state index in [4.69, 9.17) is 4.74 Å². The lowest BCUT2D eigenvalue weighted by Gasteiger charge is -2.17. The third-order valence-corrected chi connectivity index (χ3v) is 3.10. The minimum absolute atomic E-state index is 0.100. The topological polar surface area (TPSA) is 69.1 Å². The maximum absolute atomic E-state index is 13.6. The molecule has 0 aliphatic carbocycles. The normalized spacial score (nSPS) is 11.6. The molecule has 7 heteroatoms. The van der Waals surface area contributed by atoms with Crippen molar-refractivity contribution >= 4 is 12.0 Å². The van der Waals surface area contributed by atoms with Crippen LogP contribution in [0.3, 0.4) is 0 Å². The number of hydrogen-bond acceptors (Lipinski definition) is 4. The summed E-state index contributed by atoms with van der Waals surface area (Å²) in [6.07, 6.45) is -0.751. The molecule has 0 aliphatic heterocycles. The van der Waals surface area contributed by atoms with Crippen LogP contribution in [0.5, 0.6) is 5.75 Å². The van der Waals surface area contributed by atoms with Crippen LogP contribution in [0.15, 0.2) is 18.2 Å². The fourth-order valence-electron chi connectivity index (χ4n) is 1.97. The summed E-state index contributed by atoms with van der Waals surface area (Å²) in [6, 6.07) is 4.69. The third-order valence-electron chi connectivity index (χ3n) is 3.10. The Morgan fingerprint density at radius 3 is 2.59 bits per heavy atom. The quantitative estimate of drug-likeness (QED) is 0.770. The third kappa shape index (κ3) is 5.69. The Hall–Kier alpha value is -2.15. The SMILES string of the molecule is CCOC(=O)NC(=O)C[NH+](CC)Cc1ccc(OC)c(F)c1. The van der Waals surface area contributed by atoms with Crippen LogP contribution >= 0.6 is 0 Å². The average molecular weight is 313 g/mol. The fraction of sp³-hybridized carbons (Fsp3) is 0.467. The molecule has 0 saturated carbocycles. The van der Waals surface area contributed by atoms with E-state index < -0.39 is 17.8 Å². The molecule has 0 saturated heterocycles. The molecule has 1 aromatic rings. The Bertz CT molecular complexity index is 522. The summed E-state index contributed by atoms with van der Waals surface area (Å²) in [5, 5.41) is 2.15. The van der Waals surface area contributed by atoms with Gasteiger partial charge in [0.1, 0.15) is 6.54 Å². The molecular formula is C15H22FN2O4+. The average Bonchev–Trinajstić information content (AvgIpc) is 2.46. The second-order valence-electron chi connectivity index (χ2n) is 4.69. The van der Waals surface area contributed by atoms with Crippen LogP contribution in [0.25, 0.3) is 0 Å². The Morgan fingerprint density at radius 2 is 2.05 bits per heavy atom. The van der Waals surface area contributed by atoms with Crippen molar-refractivity contribution in [3.63, 3.8) is 0 Å². The number of amides is 2. The van der Waals surface area contributed by atoms with E-state index in [1.54, 1.807) is 19.1 Å². The van der Waals surface area contributed by atoms with Gasteiger partial charge in [0.25, 0.3) is 5.91 Å². The molecule has 1 rings (SSSR count). The maximum Gasteiger partial charge on any atom is 0.414 e. The molecule has 0 spiro atoms. The molecule has 0 bridgehead atoms. The van der Waals surface area contributed by atoms with Crippen molar-refractivity contribution < 1.29 is 28.4 Å². The summed E-state index contributed by atoms with van der Waals surface area (Å²) < 4.78 is 23.2. The molecule has 22 heavy (non-hydrogen) atoms. The zero-order chi connectivity index (χ0) is 16.5. The van der Waals surface area contributed by atoms with Crippen LogP contribution < -0.4 is 15.0 Å². The lowest BCUT2D eigenvalue weighted by molar-refractivity contribution is -0.904. The number of quaternary nitrogens is 1. The highest BCUT2D eigenvalue weighted by molar-refractivity contribution is 5.92. The van der Waals surface area contributed by atoms with Gasteiger partial charge < -0.3 is 14.4 Å². The molecule has 122 valence electrons. The Labute approximate surface area is 129 Å². The van der Waals surface area contributed by atoms with E-state index in [1.807, 2.05) is 6.92 Å². The van der Waals surface area contributed by atoms with Gasteiger partial charge in [-0.15, -0.1) is 0 Å². The van der Waals surface area contributed by atoms with Crippen molar-refractivity contribution in [2.75, 3.05) is 26.8 Å². The highest BCUT2D eigenvalue weighted by Gasteiger charge is 2.16. The molecule has 2 amide bonds. The Kier molecular flexibility index (Phi) is 7.31. The predicted molar refractivity (Wildman–Crippen MR) is 78.2 cm³/mol. The largest absolute Gasteiger partial charge is 0.494 e. The number of rotatable bonds is 7. The standard InChI is InChI=1S/C15H21FN2O4/c1-4-18(10-14(19)17-15(20)22-5-2)9-11-6-7-13(21-3)12(16)8-11/h6-8H,4-5,9-10H2,1-3H3,(H,17,19,20)/p+1. The lowest BCUT2D eigenvalue weighted by atomic mass is 10.2. The van der Waals surface area contributed by atoms with E-state index in [0.29, 0.717) is 13.1 Å². The van der Waals surface area contributed by atoms with E-state index in [0.717, 1.165) is 10.5 Å². The number of likely N-dealkylation sites (N-methyl/N-ethyl adjacent to an activating group) is 1. The molecule has 2 N–H and O–H groups in total. The fourth-order valence-corrected chi connectivity index (χ4v) is 1.97. The van der Waals surface area contributed by atoms with Gasteiger partial charge in [-0.25, -0.2) is 9.18 Å². The predicted octanol–water partition coefficient (Wildman–Crippen LogP) is 0.512. The number of halogens is 1. The van der Waals surface area contributed by atoms with Gasteiger partial charge >= 0.3 is 6.09 Å². The van der Waals surface area contributed by atoms with E-state index >= 15 is 0 Å². The first-order valence-electron chi connectivity index (χ1n) is 7.12. The van der Waals surface area contributed by atoms with Crippen molar-refractivity contribution in [2.45, 2.75) is 20.4 Å². The van der Waals surface area contributed by atoms with Crippen LogP contribution in [-0.2, 0) is 16.1 Å². The van der Waals surface area contributed by atoms with Gasteiger partial charge in [0, 0.05) is 5.56 Å². The van der Waals surface area contributed by atoms with Crippen LogP contribution in [-0.4, -0.2) is 38.8 Å². The smallest absolute Gasteiger partial charge is 0.414 e. The molecule has 0 fully saturated rings. The number of carbonyl (C=O) groups is 2. The number of imide groups is 1. The molecule has 0 aliphatic rings. The van der Waals surface area contributed by atoms with Crippen molar-refractivity contribution in [1.82, 2.24) is 5.32 Å². The van der Waals surface area contributed by atoms with E-state index in [-0.39, 0.29) is 18.9 Å². The first-order chi connectivity index (χ1) is 10.5. The monoisotopic (exact) mass is 313 g/mol. The van der Waals surface area contributed by atoms with Gasteiger partial charge in [-0.3, -0.25) is 10.1 Å². The number of methoxy groups -OCH3 is 1. The second-order valence-corrected chi connectivity index (χ2v) is 4.69. The number of nitrogens with one attached hydrogen (secondary N) is 2. The van der Waals surface area contributed by atoms with Crippen molar-refractivity contribution in [2.24, 2.45) is 0 Å². The minimum atomic E-state index is -0.751. The van der Waals surface area contributed by atoms with Crippen molar-refractivity contribution in [3.8, 4) is 5.75 Å². The number of benzene rings is 1. The summed E-state index contributed by atoms with van der Waals surface area (Å²) in [4.78, 5) is 23.8. The van der Waals surface area contributed by atoms with E-state index in [2.05, 4.69) is 10.1 Å². The van der Waals surface area contributed by atoms with Gasteiger partial charge in [0.15, 0.2) is 18.1 Å². The van der Waals surface area contributed by atoms with Gasteiger partial charge in [-0.2, -0.15) is 0 Å². The summed E-state index contributed by atoms with van der Waals surface area (Å²) in [6.45, 7) is 4.99. The number of ether oxygens (including phenoxy) is 2. The van der Waals surface area contributed by atoms with Gasteiger partial charge in [0.2, 0.25) is 0 Å². The molecule has 0 heterocycles. The lowest BCUT2D eigenvalue weighted by Crippen LogP contribution is -3.11. The molecule has 1 unspecified atom stereocenters.